The summed E-state index contributed by atoms with van der Waals surface area (Å²) in [6, 6.07) is 0. The number of rotatable bonds is 5. The van der Waals surface area contributed by atoms with Crippen molar-refractivity contribution in [2.45, 2.75) is 52.4 Å². The van der Waals surface area contributed by atoms with Gasteiger partial charge in [-0.05, 0) is 43.3 Å². The molecule has 1 aliphatic carbocycles. The Kier molecular flexibility index (Phi) is 6.07. The van der Waals surface area contributed by atoms with Gasteiger partial charge >= 0.3 is 0 Å². The van der Waals surface area contributed by atoms with E-state index in [1.807, 2.05) is 11.8 Å². The molecule has 0 aromatic carbocycles. The number of Topliss-reactive ketones (excluding diaryl/α,β-unsaturated/α-hetero) is 1. The molecule has 0 aliphatic heterocycles. The summed E-state index contributed by atoms with van der Waals surface area (Å²) in [5.41, 5.74) is 1.09. The summed E-state index contributed by atoms with van der Waals surface area (Å²) in [5, 5.41) is 2.12. The van der Waals surface area contributed by atoms with Gasteiger partial charge in [0, 0.05) is 11.5 Å². The van der Waals surface area contributed by atoms with Crippen LogP contribution in [0, 0.1) is 5.92 Å². The van der Waals surface area contributed by atoms with Gasteiger partial charge in [-0.15, -0.1) is 11.8 Å². The monoisotopic (exact) mass is 226 g/mol. The van der Waals surface area contributed by atoms with Gasteiger partial charge in [0.05, 0.1) is 0 Å². The molecule has 0 radical (unpaired) electrons. The highest BCUT2D eigenvalue weighted by Gasteiger charge is 2.24. The molecule has 0 aromatic rings. The van der Waals surface area contributed by atoms with Crippen molar-refractivity contribution in [1.29, 1.82) is 0 Å². The van der Waals surface area contributed by atoms with Gasteiger partial charge in [-0.25, -0.2) is 0 Å². The molecule has 2 heteroatoms. The van der Waals surface area contributed by atoms with Gasteiger partial charge in [-0.1, -0.05) is 20.3 Å². The van der Waals surface area contributed by atoms with E-state index >= 15 is 0 Å². The molecule has 15 heavy (non-hydrogen) atoms. The van der Waals surface area contributed by atoms with E-state index in [0.29, 0.717) is 11.7 Å². The van der Waals surface area contributed by atoms with Gasteiger partial charge in [0.1, 0.15) is 0 Å². The molecule has 1 saturated carbocycles. The van der Waals surface area contributed by atoms with E-state index in [1.165, 1.54) is 19.3 Å². The van der Waals surface area contributed by atoms with Crippen LogP contribution in [0.1, 0.15) is 52.4 Å². The highest BCUT2D eigenvalue weighted by molar-refractivity contribution is 8.02. The molecule has 0 amide bonds. The van der Waals surface area contributed by atoms with Crippen LogP contribution >= 0.6 is 11.8 Å². The summed E-state index contributed by atoms with van der Waals surface area (Å²) in [5.74, 6) is 1.90. The molecule has 0 saturated heterocycles. The van der Waals surface area contributed by atoms with E-state index in [2.05, 4.69) is 19.3 Å². The lowest BCUT2D eigenvalue weighted by atomic mass is 9.83. The predicted octanol–water partition coefficient (Wildman–Crippen LogP) is 4.18. The average Bonchev–Trinajstić information content (AvgIpc) is 2.26. The summed E-state index contributed by atoms with van der Waals surface area (Å²) in [6.07, 6.45) is 6.81. The normalized spacial score (nSPS) is 24.8. The van der Waals surface area contributed by atoms with E-state index in [9.17, 15) is 4.79 Å². The fourth-order valence-corrected chi connectivity index (χ4v) is 2.96. The maximum absolute atomic E-state index is 11.9. The number of hydrogen-bond donors (Lipinski definition) is 0. The van der Waals surface area contributed by atoms with Gasteiger partial charge in [0.25, 0.3) is 0 Å². The van der Waals surface area contributed by atoms with Crippen LogP contribution in [0.5, 0.6) is 0 Å². The molecule has 1 atom stereocenters. The van der Waals surface area contributed by atoms with E-state index in [1.54, 1.807) is 0 Å². The van der Waals surface area contributed by atoms with Crippen LogP contribution in [0.4, 0.5) is 0 Å². The fraction of sp³-hybridized carbons (Fsp3) is 0.769. The number of allylic oxidation sites excluding steroid dienone is 1. The first-order valence-electron chi connectivity index (χ1n) is 6.14. The van der Waals surface area contributed by atoms with Crippen molar-refractivity contribution in [2.24, 2.45) is 5.92 Å². The van der Waals surface area contributed by atoms with Crippen LogP contribution in [0.2, 0.25) is 0 Å². The van der Waals surface area contributed by atoms with Crippen LogP contribution < -0.4 is 0 Å². The molecular weight excluding hydrogens is 204 g/mol. The lowest BCUT2D eigenvalue weighted by Gasteiger charge is -2.21. The molecule has 1 unspecified atom stereocenters. The van der Waals surface area contributed by atoms with E-state index in [0.717, 1.165) is 30.6 Å². The molecule has 0 N–H and O–H groups in total. The van der Waals surface area contributed by atoms with Crippen molar-refractivity contribution in [2.75, 3.05) is 5.75 Å². The summed E-state index contributed by atoms with van der Waals surface area (Å²) < 4.78 is 0. The van der Waals surface area contributed by atoms with Gasteiger partial charge in [-0.3, -0.25) is 4.79 Å². The Hall–Kier alpha value is -0.240. The maximum Gasteiger partial charge on any atom is 0.162 e. The summed E-state index contributed by atoms with van der Waals surface area (Å²) >= 11 is 1.82. The first kappa shape index (κ1) is 12.8. The Labute approximate surface area is 97.7 Å². The number of carbonyl (C=O) groups is 1. The topological polar surface area (TPSA) is 17.1 Å². The van der Waals surface area contributed by atoms with Crippen LogP contribution in [0.3, 0.4) is 0 Å². The second kappa shape index (κ2) is 7.10. The highest BCUT2D eigenvalue weighted by atomic mass is 32.2. The van der Waals surface area contributed by atoms with Crippen molar-refractivity contribution >= 4 is 17.5 Å². The molecule has 1 aliphatic rings. The first-order valence-corrected chi connectivity index (χ1v) is 7.19. The Morgan fingerprint density at radius 3 is 2.93 bits per heavy atom. The minimum atomic E-state index is 0.316. The second-order valence-electron chi connectivity index (χ2n) is 4.23. The molecule has 1 fully saturated rings. The second-order valence-corrected chi connectivity index (χ2v) is 5.21. The zero-order valence-electron chi connectivity index (χ0n) is 9.92. The van der Waals surface area contributed by atoms with Crippen molar-refractivity contribution in [3.8, 4) is 0 Å². The van der Waals surface area contributed by atoms with Gasteiger partial charge in [0.2, 0.25) is 0 Å². The van der Waals surface area contributed by atoms with Crippen molar-refractivity contribution in [1.82, 2.24) is 0 Å². The lowest BCUT2D eigenvalue weighted by Crippen LogP contribution is -2.20. The Bertz CT molecular complexity index is 233. The Morgan fingerprint density at radius 1 is 1.47 bits per heavy atom. The van der Waals surface area contributed by atoms with E-state index < -0.39 is 0 Å². The first-order chi connectivity index (χ1) is 7.29. The third-order valence-electron chi connectivity index (χ3n) is 3.02. The van der Waals surface area contributed by atoms with Gasteiger partial charge < -0.3 is 0 Å². The number of thioether (sulfide) groups is 1. The SMILES string of the molecule is CCCCSC=C1CCCC(CC)C1=O. The quantitative estimate of drug-likeness (QED) is 0.516. The highest BCUT2D eigenvalue weighted by Crippen LogP contribution is 2.28. The predicted molar refractivity (Wildman–Crippen MR) is 68.1 cm³/mol. The van der Waals surface area contributed by atoms with Gasteiger partial charge in [0.15, 0.2) is 5.78 Å². The third-order valence-corrected chi connectivity index (χ3v) is 4.00. The van der Waals surface area contributed by atoms with Crippen LogP contribution in [0.15, 0.2) is 11.0 Å². The van der Waals surface area contributed by atoms with Crippen LogP contribution in [0.25, 0.3) is 0 Å². The average molecular weight is 226 g/mol. The number of carbonyl (C=O) groups excluding carboxylic acids is 1. The molecule has 0 bridgehead atoms. The van der Waals surface area contributed by atoms with Gasteiger partial charge in [-0.2, -0.15) is 0 Å². The van der Waals surface area contributed by atoms with Crippen LogP contribution in [-0.4, -0.2) is 11.5 Å². The van der Waals surface area contributed by atoms with E-state index in [4.69, 9.17) is 0 Å². The maximum atomic E-state index is 11.9. The van der Waals surface area contributed by atoms with E-state index in [-0.39, 0.29) is 0 Å². The number of hydrogen-bond acceptors (Lipinski definition) is 2. The third kappa shape index (κ3) is 4.02. The molecule has 0 aromatic heterocycles. The Morgan fingerprint density at radius 2 is 2.27 bits per heavy atom. The fourth-order valence-electron chi connectivity index (χ4n) is 1.95. The number of ketones is 1. The minimum absolute atomic E-state index is 0.316. The molecule has 0 heterocycles. The Balaban J connectivity index is 2.42. The van der Waals surface area contributed by atoms with Crippen molar-refractivity contribution in [3.63, 3.8) is 0 Å². The molecule has 1 rings (SSSR count). The smallest absolute Gasteiger partial charge is 0.162 e. The zero-order chi connectivity index (χ0) is 11.1. The summed E-state index contributed by atoms with van der Waals surface area (Å²) in [4.78, 5) is 11.9. The minimum Gasteiger partial charge on any atom is -0.294 e. The lowest BCUT2D eigenvalue weighted by molar-refractivity contribution is -0.120. The van der Waals surface area contributed by atoms with Crippen molar-refractivity contribution < 1.29 is 4.79 Å². The number of unbranched alkanes of at least 4 members (excludes halogenated alkanes) is 1. The van der Waals surface area contributed by atoms with Crippen molar-refractivity contribution in [3.05, 3.63) is 11.0 Å². The molecule has 86 valence electrons. The molecule has 1 nitrogen and oxygen atoms in total. The largest absolute Gasteiger partial charge is 0.294 e. The molecular formula is C13H22OS. The van der Waals surface area contributed by atoms with Crippen LogP contribution in [-0.2, 0) is 4.79 Å². The molecule has 0 spiro atoms. The summed E-state index contributed by atoms with van der Waals surface area (Å²) in [6.45, 7) is 4.32. The standard InChI is InChI=1S/C13H22OS/c1-3-5-9-15-10-12-8-6-7-11(4-2)13(12)14/h10-11H,3-9H2,1-2H3. The summed E-state index contributed by atoms with van der Waals surface area (Å²) in [7, 11) is 0. The zero-order valence-corrected chi connectivity index (χ0v) is 10.7.